The summed E-state index contributed by atoms with van der Waals surface area (Å²) in [7, 11) is 0. The van der Waals surface area contributed by atoms with Crippen LogP contribution in [0.25, 0.3) is 0 Å². The zero-order chi connectivity index (χ0) is 17.0. The van der Waals surface area contributed by atoms with Crippen LogP contribution in [0.5, 0.6) is 0 Å². The number of hydrogen-bond acceptors (Lipinski definition) is 3. The zero-order valence-corrected chi connectivity index (χ0v) is 15.9. The maximum atomic E-state index is 13.2. The Kier molecular flexibility index (Phi) is 6.11. The Bertz CT molecular complexity index is 560. The molecule has 1 saturated carbocycles. The van der Waals surface area contributed by atoms with E-state index in [0.717, 1.165) is 28.5 Å². The number of rotatable bonds is 4. The van der Waals surface area contributed by atoms with Crippen LogP contribution in [0, 0.1) is 15.3 Å². The van der Waals surface area contributed by atoms with E-state index in [1.54, 1.807) is 6.07 Å². The molecule has 1 aliphatic rings. The van der Waals surface area contributed by atoms with Gasteiger partial charge < -0.3 is 15.4 Å². The summed E-state index contributed by atoms with van der Waals surface area (Å²) in [5, 5.41) is 6.35. The normalized spacial score (nSPS) is 21.1. The quantitative estimate of drug-likeness (QED) is 0.685. The van der Waals surface area contributed by atoms with Crippen molar-refractivity contribution < 1.29 is 13.9 Å². The molecular weight excluding hydrogens is 410 g/mol. The van der Waals surface area contributed by atoms with Gasteiger partial charge in [0, 0.05) is 21.8 Å². The van der Waals surface area contributed by atoms with Crippen molar-refractivity contribution in [3.8, 4) is 0 Å². The highest BCUT2D eigenvalue weighted by Crippen LogP contribution is 2.30. The van der Waals surface area contributed by atoms with E-state index < -0.39 is 5.60 Å². The second-order valence-corrected chi connectivity index (χ2v) is 8.11. The summed E-state index contributed by atoms with van der Waals surface area (Å²) in [4.78, 5) is 11.8. The fraction of sp³-hybridized carbons (Fsp3) is 0.588. The summed E-state index contributed by atoms with van der Waals surface area (Å²) in [6.07, 6.45) is 2.86. The SMILES string of the molecule is CC(C)(C)OC(=O)NCC1CCCC1Nc1ccc(F)cc1I. The molecule has 2 unspecified atom stereocenters. The van der Waals surface area contributed by atoms with Crippen LogP contribution in [-0.2, 0) is 4.74 Å². The van der Waals surface area contributed by atoms with Crippen molar-refractivity contribution in [2.75, 3.05) is 11.9 Å². The van der Waals surface area contributed by atoms with Crippen molar-refractivity contribution in [2.24, 2.45) is 5.92 Å². The monoisotopic (exact) mass is 434 g/mol. The van der Waals surface area contributed by atoms with Crippen LogP contribution in [0.15, 0.2) is 18.2 Å². The lowest BCUT2D eigenvalue weighted by Gasteiger charge is -2.24. The molecule has 0 aliphatic heterocycles. The Balaban J connectivity index is 1.89. The molecule has 4 nitrogen and oxygen atoms in total. The predicted octanol–water partition coefficient (Wildman–Crippen LogP) is 4.54. The van der Waals surface area contributed by atoms with Gasteiger partial charge in [0.2, 0.25) is 0 Å². The van der Waals surface area contributed by atoms with Crippen molar-refractivity contribution in [3.63, 3.8) is 0 Å². The molecule has 1 aromatic rings. The summed E-state index contributed by atoms with van der Waals surface area (Å²) in [5.41, 5.74) is 0.461. The van der Waals surface area contributed by atoms with E-state index in [1.165, 1.54) is 12.1 Å². The number of carbonyl (C=O) groups excluding carboxylic acids is 1. The standard InChI is InChI=1S/C17H24FIN2O2/c1-17(2,3)23-16(22)20-10-11-5-4-6-14(11)21-15-8-7-12(18)9-13(15)19/h7-9,11,14,21H,4-6,10H2,1-3H3,(H,20,22). The summed E-state index contributed by atoms with van der Waals surface area (Å²) in [5.74, 6) is 0.123. The molecule has 0 bridgehead atoms. The number of anilines is 1. The van der Waals surface area contributed by atoms with Crippen LogP contribution in [0.4, 0.5) is 14.9 Å². The first kappa shape index (κ1) is 18.3. The second kappa shape index (κ2) is 7.68. The van der Waals surface area contributed by atoms with Crippen LogP contribution in [-0.4, -0.2) is 24.3 Å². The maximum absolute atomic E-state index is 13.2. The third kappa shape index (κ3) is 5.82. The van der Waals surface area contributed by atoms with Gasteiger partial charge in [0.25, 0.3) is 0 Å². The third-order valence-electron chi connectivity index (χ3n) is 3.84. The van der Waals surface area contributed by atoms with E-state index >= 15 is 0 Å². The highest BCUT2D eigenvalue weighted by molar-refractivity contribution is 14.1. The number of alkyl carbamates (subject to hydrolysis) is 1. The second-order valence-electron chi connectivity index (χ2n) is 6.95. The predicted molar refractivity (Wildman–Crippen MR) is 98.1 cm³/mol. The molecule has 128 valence electrons. The number of halogens is 2. The average Bonchev–Trinajstić information content (AvgIpc) is 2.85. The maximum Gasteiger partial charge on any atom is 0.407 e. The molecule has 2 atom stereocenters. The Morgan fingerprint density at radius 1 is 1.39 bits per heavy atom. The van der Waals surface area contributed by atoms with Gasteiger partial charge in [-0.1, -0.05) is 6.42 Å². The first-order valence-corrected chi connectivity index (χ1v) is 9.01. The van der Waals surface area contributed by atoms with Gasteiger partial charge in [-0.15, -0.1) is 0 Å². The van der Waals surface area contributed by atoms with Crippen LogP contribution in [0.1, 0.15) is 40.0 Å². The number of nitrogens with one attached hydrogen (secondary N) is 2. The van der Waals surface area contributed by atoms with Gasteiger partial charge in [0.1, 0.15) is 11.4 Å². The number of carbonyl (C=O) groups is 1. The first-order valence-electron chi connectivity index (χ1n) is 7.93. The van der Waals surface area contributed by atoms with Crippen molar-refractivity contribution in [3.05, 3.63) is 27.6 Å². The highest BCUT2D eigenvalue weighted by atomic mass is 127. The Morgan fingerprint density at radius 2 is 2.13 bits per heavy atom. The first-order chi connectivity index (χ1) is 10.7. The molecule has 23 heavy (non-hydrogen) atoms. The van der Waals surface area contributed by atoms with E-state index in [0.29, 0.717) is 12.5 Å². The van der Waals surface area contributed by atoms with Crippen LogP contribution in [0.2, 0.25) is 0 Å². The minimum atomic E-state index is -0.484. The molecule has 0 radical (unpaired) electrons. The zero-order valence-electron chi connectivity index (χ0n) is 13.8. The molecule has 0 heterocycles. The molecule has 6 heteroatoms. The molecule has 1 fully saturated rings. The van der Waals surface area contributed by atoms with E-state index in [-0.39, 0.29) is 18.0 Å². The molecule has 1 aromatic carbocycles. The molecule has 2 rings (SSSR count). The minimum Gasteiger partial charge on any atom is -0.444 e. The van der Waals surface area contributed by atoms with Gasteiger partial charge in [-0.05, 0) is 80.3 Å². The number of amides is 1. The molecule has 0 saturated heterocycles. The van der Waals surface area contributed by atoms with Crippen molar-refractivity contribution in [1.82, 2.24) is 5.32 Å². The lowest BCUT2D eigenvalue weighted by atomic mass is 10.0. The summed E-state index contributed by atoms with van der Waals surface area (Å²) in [6, 6.07) is 5.04. The highest BCUT2D eigenvalue weighted by Gasteiger charge is 2.28. The van der Waals surface area contributed by atoms with Crippen LogP contribution in [0.3, 0.4) is 0 Å². The van der Waals surface area contributed by atoms with E-state index in [9.17, 15) is 9.18 Å². The minimum absolute atomic E-state index is 0.227. The van der Waals surface area contributed by atoms with E-state index in [4.69, 9.17) is 4.74 Å². The Labute approximate surface area is 150 Å². The van der Waals surface area contributed by atoms with Gasteiger partial charge in [-0.3, -0.25) is 0 Å². The van der Waals surface area contributed by atoms with Crippen molar-refractivity contribution >= 4 is 34.4 Å². The van der Waals surface area contributed by atoms with Gasteiger partial charge in [0.15, 0.2) is 0 Å². The van der Waals surface area contributed by atoms with Crippen molar-refractivity contribution in [1.29, 1.82) is 0 Å². The third-order valence-corrected chi connectivity index (χ3v) is 4.73. The molecule has 1 amide bonds. The molecule has 1 aliphatic carbocycles. The Morgan fingerprint density at radius 3 is 2.78 bits per heavy atom. The summed E-state index contributed by atoms with van der Waals surface area (Å²) >= 11 is 2.13. The molecule has 2 N–H and O–H groups in total. The lowest BCUT2D eigenvalue weighted by molar-refractivity contribution is 0.0519. The summed E-state index contributed by atoms with van der Waals surface area (Å²) in [6.45, 7) is 6.14. The molecular formula is C17H24FIN2O2. The van der Waals surface area contributed by atoms with E-state index in [2.05, 4.69) is 33.2 Å². The Hall–Kier alpha value is -1.05. The van der Waals surface area contributed by atoms with Gasteiger partial charge >= 0.3 is 6.09 Å². The molecule has 0 spiro atoms. The number of hydrogen-bond donors (Lipinski definition) is 2. The lowest BCUT2D eigenvalue weighted by Crippen LogP contribution is -2.38. The topological polar surface area (TPSA) is 50.4 Å². The number of ether oxygens (including phenoxy) is 1. The average molecular weight is 434 g/mol. The number of benzene rings is 1. The van der Waals surface area contributed by atoms with Gasteiger partial charge in [0.05, 0.1) is 0 Å². The smallest absolute Gasteiger partial charge is 0.407 e. The fourth-order valence-electron chi connectivity index (χ4n) is 2.81. The summed E-state index contributed by atoms with van der Waals surface area (Å²) < 4.78 is 19.3. The van der Waals surface area contributed by atoms with Crippen LogP contribution >= 0.6 is 22.6 Å². The molecule has 0 aromatic heterocycles. The largest absolute Gasteiger partial charge is 0.444 e. The van der Waals surface area contributed by atoms with E-state index in [1.807, 2.05) is 20.8 Å². The fourth-order valence-corrected chi connectivity index (χ4v) is 3.44. The van der Waals surface area contributed by atoms with Gasteiger partial charge in [-0.25, -0.2) is 9.18 Å². The van der Waals surface area contributed by atoms with Gasteiger partial charge in [-0.2, -0.15) is 0 Å². The van der Waals surface area contributed by atoms with Crippen molar-refractivity contribution in [2.45, 2.75) is 51.7 Å². The van der Waals surface area contributed by atoms with Crippen LogP contribution < -0.4 is 10.6 Å².